The van der Waals surface area contributed by atoms with Crippen molar-refractivity contribution >= 4 is 28.3 Å². The van der Waals surface area contributed by atoms with Gasteiger partial charge in [-0.1, -0.05) is 24.3 Å². The number of carbonyl (C=O) groups excluding carboxylic acids is 1. The maximum atomic E-state index is 12.4. The largest absolute Gasteiger partial charge is 0.437 e. The second kappa shape index (κ2) is 10.1. The van der Waals surface area contributed by atoms with Crippen molar-refractivity contribution in [3.05, 3.63) is 66.5 Å². The van der Waals surface area contributed by atoms with Crippen LogP contribution < -0.4 is 20.7 Å². The second-order valence-electron chi connectivity index (χ2n) is 9.79. The number of piperidine rings is 1. The van der Waals surface area contributed by atoms with Crippen molar-refractivity contribution in [3.8, 4) is 22.9 Å². The molecule has 6 rings (SSSR count). The summed E-state index contributed by atoms with van der Waals surface area (Å²) in [5, 5.41) is 11.8. The number of ether oxygens (including phenoxy) is 1. The lowest BCUT2D eigenvalue weighted by molar-refractivity contribution is -0.117. The van der Waals surface area contributed by atoms with Crippen LogP contribution in [0.3, 0.4) is 0 Å². The maximum Gasteiger partial charge on any atom is 0.228 e. The Morgan fingerprint density at radius 2 is 1.92 bits per heavy atom. The predicted octanol–water partition coefficient (Wildman–Crippen LogP) is 5.30. The molecule has 1 saturated carbocycles. The van der Waals surface area contributed by atoms with E-state index in [0.29, 0.717) is 23.6 Å². The average molecular weight is 495 g/mol. The number of amides is 1. The molecule has 1 saturated heterocycles. The number of rotatable bonds is 7. The molecular formula is C29H30N6O2. The number of nitrogens with one attached hydrogen (secondary N) is 3. The van der Waals surface area contributed by atoms with E-state index >= 15 is 0 Å². The van der Waals surface area contributed by atoms with Gasteiger partial charge in [0.25, 0.3) is 0 Å². The third kappa shape index (κ3) is 5.11. The smallest absolute Gasteiger partial charge is 0.228 e. The molecule has 1 amide bonds. The summed E-state index contributed by atoms with van der Waals surface area (Å²) in [5.74, 6) is 1.99. The number of anilines is 2. The van der Waals surface area contributed by atoms with Gasteiger partial charge >= 0.3 is 0 Å². The molecule has 1 aliphatic carbocycles. The molecular weight excluding hydrogens is 464 g/mol. The molecule has 188 valence electrons. The van der Waals surface area contributed by atoms with Gasteiger partial charge in [0.15, 0.2) is 0 Å². The van der Waals surface area contributed by atoms with E-state index in [0.717, 1.165) is 72.1 Å². The molecule has 2 aromatic heterocycles. The van der Waals surface area contributed by atoms with Crippen molar-refractivity contribution < 1.29 is 9.53 Å². The third-order valence-electron chi connectivity index (χ3n) is 6.95. The first kappa shape index (κ1) is 23.4. The Balaban J connectivity index is 1.32. The Kier molecular flexibility index (Phi) is 6.40. The van der Waals surface area contributed by atoms with E-state index in [2.05, 4.69) is 25.9 Å². The number of aromatic nitrogens is 3. The minimum Gasteiger partial charge on any atom is -0.437 e. The van der Waals surface area contributed by atoms with Crippen molar-refractivity contribution in [3.63, 3.8) is 0 Å². The highest BCUT2D eigenvalue weighted by Crippen LogP contribution is 2.39. The Labute approximate surface area is 215 Å². The van der Waals surface area contributed by atoms with Crippen molar-refractivity contribution in [2.24, 2.45) is 5.92 Å². The summed E-state index contributed by atoms with van der Waals surface area (Å²) in [6.45, 7) is 3.97. The third-order valence-corrected chi connectivity index (χ3v) is 6.95. The van der Waals surface area contributed by atoms with Crippen LogP contribution in [0, 0.1) is 12.8 Å². The van der Waals surface area contributed by atoms with E-state index < -0.39 is 0 Å². The quantitative estimate of drug-likeness (QED) is 0.320. The normalized spacial score (nSPS) is 17.4. The topological polar surface area (TPSA) is 101 Å². The van der Waals surface area contributed by atoms with Gasteiger partial charge in [0.1, 0.15) is 5.75 Å². The van der Waals surface area contributed by atoms with E-state index in [4.69, 9.17) is 9.72 Å². The van der Waals surface area contributed by atoms with Crippen LogP contribution in [-0.2, 0) is 4.79 Å². The monoisotopic (exact) mass is 494 g/mol. The van der Waals surface area contributed by atoms with E-state index in [-0.39, 0.29) is 11.8 Å². The average Bonchev–Trinajstić information content (AvgIpc) is 3.77. The molecule has 4 aromatic rings. The molecule has 2 fully saturated rings. The summed E-state index contributed by atoms with van der Waals surface area (Å²) in [7, 11) is 0. The minimum atomic E-state index is 0.0831. The van der Waals surface area contributed by atoms with E-state index in [9.17, 15) is 4.79 Å². The summed E-state index contributed by atoms with van der Waals surface area (Å²) in [5.41, 5.74) is 3.29. The van der Waals surface area contributed by atoms with Crippen LogP contribution in [0.25, 0.3) is 22.0 Å². The zero-order valence-corrected chi connectivity index (χ0v) is 20.8. The van der Waals surface area contributed by atoms with E-state index in [1.807, 2.05) is 55.5 Å². The first-order valence-corrected chi connectivity index (χ1v) is 12.9. The fourth-order valence-electron chi connectivity index (χ4n) is 4.76. The molecule has 3 N–H and O–H groups in total. The van der Waals surface area contributed by atoms with Crippen LogP contribution in [0.15, 0.2) is 60.9 Å². The van der Waals surface area contributed by atoms with Gasteiger partial charge in [-0.15, -0.1) is 0 Å². The lowest BCUT2D eigenvalue weighted by Crippen LogP contribution is -2.38. The minimum absolute atomic E-state index is 0.0831. The Morgan fingerprint density at radius 3 is 2.76 bits per heavy atom. The summed E-state index contributed by atoms with van der Waals surface area (Å²) >= 11 is 0. The van der Waals surface area contributed by atoms with Crippen molar-refractivity contribution in [2.75, 3.05) is 23.7 Å². The van der Waals surface area contributed by atoms with Gasteiger partial charge in [0.05, 0.1) is 11.3 Å². The van der Waals surface area contributed by atoms with Crippen LogP contribution in [0.1, 0.15) is 31.2 Å². The second-order valence-corrected chi connectivity index (χ2v) is 9.79. The van der Waals surface area contributed by atoms with Crippen LogP contribution in [-0.4, -0.2) is 40.0 Å². The number of hydrogen-bond acceptors (Lipinski definition) is 7. The number of pyridine rings is 1. The summed E-state index contributed by atoms with van der Waals surface area (Å²) in [6, 6.07) is 15.9. The predicted molar refractivity (Wildman–Crippen MR) is 145 cm³/mol. The van der Waals surface area contributed by atoms with Crippen molar-refractivity contribution in [1.82, 2.24) is 20.3 Å². The molecule has 1 aliphatic heterocycles. The van der Waals surface area contributed by atoms with E-state index in [1.165, 1.54) is 0 Å². The Hall–Kier alpha value is -4.04. The van der Waals surface area contributed by atoms with Crippen LogP contribution in [0.4, 0.5) is 11.6 Å². The van der Waals surface area contributed by atoms with Crippen LogP contribution in [0.2, 0.25) is 0 Å². The number of benzene rings is 2. The molecule has 37 heavy (non-hydrogen) atoms. The number of hydrogen-bond donors (Lipinski definition) is 3. The zero-order valence-electron chi connectivity index (χ0n) is 20.8. The van der Waals surface area contributed by atoms with Crippen LogP contribution in [0.5, 0.6) is 11.6 Å². The van der Waals surface area contributed by atoms with Gasteiger partial charge in [-0.3, -0.25) is 4.79 Å². The van der Waals surface area contributed by atoms with Gasteiger partial charge in [-0.2, -0.15) is 0 Å². The number of carbonyl (C=O) groups is 1. The molecule has 8 heteroatoms. The Bertz CT molecular complexity index is 1450. The summed E-state index contributed by atoms with van der Waals surface area (Å²) < 4.78 is 6.50. The summed E-state index contributed by atoms with van der Waals surface area (Å²) in [4.78, 5) is 26.2. The van der Waals surface area contributed by atoms with E-state index in [1.54, 1.807) is 12.4 Å². The van der Waals surface area contributed by atoms with Crippen molar-refractivity contribution in [2.45, 2.75) is 38.6 Å². The zero-order chi connectivity index (χ0) is 25.2. The molecule has 3 heterocycles. The number of fused-ring (bicyclic) bond motifs is 1. The number of nitrogens with zero attached hydrogens (tertiary/aromatic N) is 3. The summed E-state index contributed by atoms with van der Waals surface area (Å²) in [6.07, 6.45) is 7.62. The fraction of sp³-hybridized carbons (Fsp3) is 0.310. The van der Waals surface area contributed by atoms with Gasteiger partial charge < -0.3 is 20.7 Å². The SMILES string of the molecule is Cc1ccc2c(NC(=O)C3CC3)cccc2c1Oc1ncccc1-c1ccnc(N[C@H]2CCCNC2)n1. The van der Waals surface area contributed by atoms with Gasteiger partial charge in [0.2, 0.25) is 17.7 Å². The standard InChI is InChI=1S/C29H30N6O2/c1-18-9-12-21-22(6-2-8-24(21)34-27(36)19-10-11-19)26(18)37-28-23(7-4-15-31-28)25-13-16-32-29(35-25)33-20-5-3-14-30-17-20/h2,4,6-9,12-13,15-16,19-20,30H,3,5,10-11,14,17H2,1H3,(H,34,36)(H,32,33,35)/t20-/m0/s1. The molecule has 2 aliphatic rings. The van der Waals surface area contributed by atoms with Gasteiger partial charge in [-0.05, 0) is 69.0 Å². The van der Waals surface area contributed by atoms with Crippen LogP contribution >= 0.6 is 0 Å². The molecule has 0 radical (unpaired) electrons. The first-order chi connectivity index (χ1) is 18.2. The van der Waals surface area contributed by atoms with Gasteiger partial charge in [-0.25, -0.2) is 15.0 Å². The highest BCUT2D eigenvalue weighted by Gasteiger charge is 2.30. The lowest BCUT2D eigenvalue weighted by Gasteiger charge is -2.23. The fourth-order valence-corrected chi connectivity index (χ4v) is 4.76. The molecule has 2 aromatic carbocycles. The molecule has 0 spiro atoms. The number of aryl methyl sites for hydroxylation is 1. The maximum absolute atomic E-state index is 12.4. The highest BCUT2D eigenvalue weighted by molar-refractivity contribution is 6.05. The lowest BCUT2D eigenvalue weighted by atomic mass is 10.0. The van der Waals surface area contributed by atoms with Gasteiger partial charge in [0, 0.05) is 47.4 Å². The molecule has 0 unspecified atom stereocenters. The highest BCUT2D eigenvalue weighted by atomic mass is 16.5. The van der Waals surface area contributed by atoms with Crippen molar-refractivity contribution in [1.29, 1.82) is 0 Å². The Morgan fingerprint density at radius 1 is 1.00 bits per heavy atom. The molecule has 8 nitrogen and oxygen atoms in total. The first-order valence-electron chi connectivity index (χ1n) is 12.9. The molecule has 0 bridgehead atoms. The molecule has 1 atom stereocenters.